The lowest BCUT2D eigenvalue weighted by Crippen LogP contribution is -2.26. The van der Waals surface area contributed by atoms with Crippen LogP contribution in [0, 0.1) is 10.1 Å². The van der Waals surface area contributed by atoms with Crippen LogP contribution in [0.3, 0.4) is 0 Å². The number of amides is 1. The van der Waals surface area contributed by atoms with E-state index < -0.39 is 10.8 Å². The monoisotopic (exact) mass is 432 g/mol. The van der Waals surface area contributed by atoms with Crippen LogP contribution >= 0.6 is 11.6 Å². The highest BCUT2D eigenvalue weighted by Gasteiger charge is 2.21. The van der Waals surface area contributed by atoms with Gasteiger partial charge in [0, 0.05) is 24.7 Å². The molecule has 1 aromatic heterocycles. The van der Waals surface area contributed by atoms with Crippen LogP contribution in [0.15, 0.2) is 40.8 Å². The lowest BCUT2D eigenvalue weighted by molar-refractivity contribution is -0.384. The Hall–Kier alpha value is -3.66. The summed E-state index contributed by atoms with van der Waals surface area (Å²) in [7, 11) is 4.54. The first-order chi connectivity index (χ1) is 14.3. The van der Waals surface area contributed by atoms with Gasteiger partial charge in [-0.2, -0.15) is 0 Å². The molecule has 0 atom stereocenters. The molecule has 11 heteroatoms. The van der Waals surface area contributed by atoms with Crippen molar-refractivity contribution in [2.45, 2.75) is 6.54 Å². The van der Waals surface area contributed by atoms with Gasteiger partial charge in [-0.1, -0.05) is 11.6 Å². The fourth-order valence-corrected chi connectivity index (χ4v) is 2.87. The number of ether oxygens (including phenoxy) is 2. The van der Waals surface area contributed by atoms with Crippen LogP contribution in [0.4, 0.5) is 5.69 Å². The van der Waals surface area contributed by atoms with E-state index in [1.807, 2.05) is 0 Å². The van der Waals surface area contributed by atoms with Crippen LogP contribution in [0.25, 0.3) is 11.5 Å². The van der Waals surface area contributed by atoms with Crippen molar-refractivity contribution in [3.05, 3.63) is 63.0 Å². The number of nitrogens with zero attached hydrogens (tertiary/aromatic N) is 4. The van der Waals surface area contributed by atoms with Crippen molar-refractivity contribution in [1.82, 2.24) is 15.1 Å². The predicted molar refractivity (Wildman–Crippen MR) is 107 cm³/mol. The summed E-state index contributed by atoms with van der Waals surface area (Å²) < 4.78 is 16.1. The van der Waals surface area contributed by atoms with Gasteiger partial charge in [0.2, 0.25) is 11.8 Å². The van der Waals surface area contributed by atoms with Gasteiger partial charge in [0.15, 0.2) is 11.5 Å². The first kappa shape index (κ1) is 21.1. The van der Waals surface area contributed by atoms with Gasteiger partial charge in [0.25, 0.3) is 11.6 Å². The second kappa shape index (κ2) is 8.78. The number of hydrogen-bond donors (Lipinski definition) is 0. The van der Waals surface area contributed by atoms with Crippen LogP contribution in [0.5, 0.6) is 11.5 Å². The summed E-state index contributed by atoms with van der Waals surface area (Å²) in [6.45, 7) is -0.0157. The third-order valence-electron chi connectivity index (χ3n) is 4.21. The smallest absolute Gasteiger partial charge is 0.270 e. The Morgan fingerprint density at radius 1 is 1.17 bits per heavy atom. The lowest BCUT2D eigenvalue weighted by Gasteiger charge is -2.15. The third kappa shape index (κ3) is 4.33. The molecule has 2 aromatic carbocycles. The van der Waals surface area contributed by atoms with Crippen molar-refractivity contribution < 1.29 is 23.6 Å². The lowest BCUT2D eigenvalue weighted by atomic mass is 10.1. The number of nitro groups is 1. The normalized spacial score (nSPS) is 10.5. The Balaban J connectivity index is 1.78. The van der Waals surface area contributed by atoms with E-state index in [1.54, 1.807) is 18.2 Å². The van der Waals surface area contributed by atoms with Gasteiger partial charge < -0.3 is 18.8 Å². The molecule has 1 amide bonds. The van der Waals surface area contributed by atoms with Gasteiger partial charge in [-0.15, -0.1) is 10.2 Å². The molecule has 0 bridgehead atoms. The summed E-state index contributed by atoms with van der Waals surface area (Å²) in [4.78, 5) is 24.3. The number of aromatic nitrogens is 2. The number of nitro benzene ring substituents is 1. The zero-order chi connectivity index (χ0) is 21.8. The fraction of sp³-hybridized carbons (Fsp3) is 0.211. The van der Waals surface area contributed by atoms with Crippen molar-refractivity contribution in [3.63, 3.8) is 0 Å². The highest BCUT2D eigenvalue weighted by atomic mass is 35.5. The number of rotatable bonds is 7. The number of benzene rings is 2. The SMILES string of the molecule is COc1ccc(-c2nnc(CN(C)C(=O)c3cc([N+](=O)[O-])ccc3Cl)o2)cc1OC. The Morgan fingerprint density at radius 3 is 2.57 bits per heavy atom. The van der Waals surface area contributed by atoms with Crippen LogP contribution in [-0.2, 0) is 6.54 Å². The average Bonchev–Trinajstić information content (AvgIpc) is 3.21. The first-order valence-corrected chi connectivity index (χ1v) is 8.96. The molecule has 0 fully saturated rings. The minimum Gasteiger partial charge on any atom is -0.493 e. The molecule has 0 radical (unpaired) electrons. The molecule has 0 saturated heterocycles. The second-order valence-corrected chi connectivity index (χ2v) is 6.56. The molecule has 156 valence electrons. The maximum atomic E-state index is 12.7. The maximum absolute atomic E-state index is 12.7. The third-order valence-corrected chi connectivity index (χ3v) is 4.54. The summed E-state index contributed by atoms with van der Waals surface area (Å²) in [6, 6.07) is 8.79. The van der Waals surface area contributed by atoms with Crippen molar-refractivity contribution in [3.8, 4) is 23.0 Å². The molecule has 0 spiro atoms. The molecule has 0 aliphatic rings. The average molecular weight is 433 g/mol. The fourth-order valence-electron chi connectivity index (χ4n) is 2.67. The molecule has 0 unspecified atom stereocenters. The van der Waals surface area contributed by atoms with Gasteiger partial charge >= 0.3 is 0 Å². The largest absolute Gasteiger partial charge is 0.493 e. The van der Waals surface area contributed by atoms with E-state index in [2.05, 4.69) is 10.2 Å². The maximum Gasteiger partial charge on any atom is 0.270 e. The molecular formula is C19H17ClN4O6. The van der Waals surface area contributed by atoms with E-state index in [-0.39, 0.29) is 34.6 Å². The zero-order valence-electron chi connectivity index (χ0n) is 16.3. The number of non-ortho nitro benzene ring substituents is 1. The van der Waals surface area contributed by atoms with E-state index in [0.717, 1.165) is 6.07 Å². The molecule has 0 saturated carbocycles. The van der Waals surface area contributed by atoms with E-state index in [4.69, 9.17) is 25.5 Å². The van der Waals surface area contributed by atoms with E-state index in [9.17, 15) is 14.9 Å². The molecule has 3 aromatic rings. The minimum absolute atomic E-state index is 0.00740. The summed E-state index contributed by atoms with van der Waals surface area (Å²) in [6.07, 6.45) is 0. The van der Waals surface area contributed by atoms with Crippen LogP contribution < -0.4 is 9.47 Å². The topological polar surface area (TPSA) is 121 Å². The molecule has 10 nitrogen and oxygen atoms in total. The molecule has 1 heterocycles. The molecule has 0 N–H and O–H groups in total. The van der Waals surface area contributed by atoms with Gasteiger partial charge in [-0.25, -0.2) is 0 Å². The zero-order valence-corrected chi connectivity index (χ0v) is 17.0. The number of carbonyl (C=O) groups is 1. The van der Waals surface area contributed by atoms with Gasteiger partial charge in [-0.3, -0.25) is 14.9 Å². The predicted octanol–water partition coefficient (Wildman–Crippen LogP) is 3.59. The van der Waals surface area contributed by atoms with Crippen molar-refractivity contribution in [2.24, 2.45) is 0 Å². The number of methoxy groups -OCH3 is 2. The van der Waals surface area contributed by atoms with Crippen molar-refractivity contribution in [2.75, 3.05) is 21.3 Å². The molecule has 0 aliphatic carbocycles. The molecule has 30 heavy (non-hydrogen) atoms. The Morgan fingerprint density at radius 2 is 1.90 bits per heavy atom. The quantitative estimate of drug-likeness (QED) is 0.410. The van der Waals surface area contributed by atoms with Gasteiger partial charge in [-0.05, 0) is 24.3 Å². The number of halogens is 1. The van der Waals surface area contributed by atoms with E-state index in [0.29, 0.717) is 17.1 Å². The van der Waals surface area contributed by atoms with Crippen LogP contribution in [0.1, 0.15) is 16.2 Å². The van der Waals surface area contributed by atoms with Gasteiger partial charge in [0.1, 0.15) is 0 Å². The molecule has 3 rings (SSSR count). The Labute approximate surface area is 176 Å². The first-order valence-electron chi connectivity index (χ1n) is 8.58. The Kier molecular flexibility index (Phi) is 6.17. The van der Waals surface area contributed by atoms with Gasteiger partial charge in [0.05, 0.1) is 36.3 Å². The van der Waals surface area contributed by atoms with E-state index >= 15 is 0 Å². The highest BCUT2D eigenvalue weighted by Crippen LogP contribution is 2.32. The van der Waals surface area contributed by atoms with Crippen molar-refractivity contribution >= 4 is 23.2 Å². The summed E-state index contributed by atoms with van der Waals surface area (Å²) in [5, 5.41) is 19.0. The van der Waals surface area contributed by atoms with Crippen LogP contribution in [-0.4, -0.2) is 47.2 Å². The second-order valence-electron chi connectivity index (χ2n) is 6.15. The summed E-state index contributed by atoms with van der Waals surface area (Å²) >= 11 is 6.04. The Bertz CT molecular complexity index is 1100. The molecular weight excluding hydrogens is 416 g/mol. The van der Waals surface area contributed by atoms with Crippen molar-refractivity contribution in [1.29, 1.82) is 0 Å². The van der Waals surface area contributed by atoms with E-state index in [1.165, 1.54) is 38.3 Å². The summed E-state index contributed by atoms with van der Waals surface area (Å²) in [5.74, 6) is 0.953. The highest BCUT2D eigenvalue weighted by molar-refractivity contribution is 6.33. The van der Waals surface area contributed by atoms with Crippen LogP contribution in [0.2, 0.25) is 5.02 Å². The number of hydrogen-bond acceptors (Lipinski definition) is 8. The number of carbonyl (C=O) groups excluding carboxylic acids is 1. The molecule has 0 aliphatic heterocycles. The standard InChI is InChI=1S/C19H17ClN4O6/c1-23(19(25)13-9-12(24(26)27)5-6-14(13)20)10-17-21-22-18(30-17)11-4-7-15(28-2)16(8-11)29-3/h4-9H,10H2,1-3H3. The minimum atomic E-state index is -0.597. The summed E-state index contributed by atoms with van der Waals surface area (Å²) in [5.41, 5.74) is 0.389.